The summed E-state index contributed by atoms with van der Waals surface area (Å²) >= 11 is 6.19. The van der Waals surface area contributed by atoms with E-state index in [0.29, 0.717) is 63.8 Å². The van der Waals surface area contributed by atoms with Crippen molar-refractivity contribution in [3.05, 3.63) is 102 Å². The summed E-state index contributed by atoms with van der Waals surface area (Å²) < 4.78 is 11.8. The first-order chi connectivity index (χ1) is 23.0. The van der Waals surface area contributed by atoms with Crippen molar-refractivity contribution >= 4 is 51.4 Å². The molecule has 1 amide bonds. The predicted molar refractivity (Wildman–Crippen MR) is 187 cm³/mol. The number of rotatable bonds is 16. The third-order valence-electron chi connectivity index (χ3n) is 7.69. The fraction of sp³-hybridized carbons (Fsp3) is 0.278. The molecule has 47 heavy (non-hydrogen) atoms. The van der Waals surface area contributed by atoms with Crippen LogP contribution in [0.4, 0.5) is 23.0 Å². The number of methoxy groups -OCH3 is 1. The van der Waals surface area contributed by atoms with Crippen LogP contribution in [0.15, 0.2) is 91.4 Å². The minimum Gasteiger partial charge on any atom is -0.493 e. The summed E-state index contributed by atoms with van der Waals surface area (Å²) in [4.78, 5) is 31.0. The molecule has 0 aliphatic rings. The van der Waals surface area contributed by atoms with E-state index in [0.717, 1.165) is 37.7 Å². The molecule has 0 bridgehead atoms. The number of amides is 1. The van der Waals surface area contributed by atoms with Gasteiger partial charge in [-0.05, 0) is 80.9 Å². The number of para-hydroxylation sites is 1. The van der Waals surface area contributed by atoms with E-state index in [4.69, 9.17) is 26.2 Å². The number of likely N-dealkylation sites (N-methyl/N-ethyl adjacent to an activating group) is 1. The third kappa shape index (κ3) is 8.74. The van der Waals surface area contributed by atoms with E-state index in [1.54, 1.807) is 48.5 Å². The van der Waals surface area contributed by atoms with Crippen LogP contribution < -0.4 is 19.7 Å². The van der Waals surface area contributed by atoms with Gasteiger partial charge in [0.1, 0.15) is 18.0 Å². The van der Waals surface area contributed by atoms with Crippen LogP contribution in [0.1, 0.15) is 36.5 Å². The number of fused-ring (bicyclic) bond motifs is 1. The Labute approximate surface area is 280 Å². The number of nitrogens with zero attached hydrogens (tertiary/aromatic N) is 5. The van der Waals surface area contributed by atoms with E-state index in [9.17, 15) is 4.79 Å². The number of hydrogen-bond acceptors (Lipinski definition) is 9. The maximum atomic E-state index is 13.6. The monoisotopic (exact) mass is 654 g/mol. The van der Waals surface area contributed by atoms with Gasteiger partial charge in [0.15, 0.2) is 11.5 Å². The Morgan fingerprint density at radius 3 is 2.49 bits per heavy atom. The Hall–Kier alpha value is -4.77. The summed E-state index contributed by atoms with van der Waals surface area (Å²) in [6, 6.07) is 23.6. The molecular weight excluding hydrogens is 616 g/mol. The molecule has 244 valence electrons. The van der Waals surface area contributed by atoms with Crippen molar-refractivity contribution in [1.29, 1.82) is 0 Å². The van der Waals surface area contributed by atoms with Gasteiger partial charge in [0.25, 0.3) is 5.91 Å². The van der Waals surface area contributed by atoms with Gasteiger partial charge in [-0.25, -0.2) is 15.0 Å². The first-order valence-electron chi connectivity index (χ1n) is 15.7. The summed E-state index contributed by atoms with van der Waals surface area (Å²) in [6.07, 6.45) is 6.13. The van der Waals surface area contributed by atoms with Crippen LogP contribution in [-0.2, 0) is 0 Å². The van der Waals surface area contributed by atoms with Gasteiger partial charge in [0.2, 0.25) is 0 Å². The molecule has 0 fully saturated rings. The van der Waals surface area contributed by atoms with Crippen LogP contribution in [0, 0.1) is 0 Å². The molecule has 2 aromatic heterocycles. The van der Waals surface area contributed by atoms with Crippen LogP contribution in [-0.4, -0.2) is 70.8 Å². The molecule has 0 atom stereocenters. The van der Waals surface area contributed by atoms with Gasteiger partial charge in [0, 0.05) is 28.6 Å². The van der Waals surface area contributed by atoms with Crippen molar-refractivity contribution in [3.63, 3.8) is 0 Å². The highest BCUT2D eigenvalue weighted by molar-refractivity contribution is 6.31. The molecule has 10 nitrogen and oxygen atoms in total. The van der Waals surface area contributed by atoms with Gasteiger partial charge in [-0.15, -0.1) is 0 Å². The zero-order chi connectivity index (χ0) is 33.0. The number of carbonyl (C=O) groups excluding carboxylic acids is 1. The third-order valence-corrected chi connectivity index (χ3v) is 7.92. The topological polar surface area (TPSA) is 113 Å². The number of aliphatic hydroxyl groups excluding tert-OH is 1. The summed E-state index contributed by atoms with van der Waals surface area (Å²) in [6.45, 7) is 5.46. The van der Waals surface area contributed by atoms with Crippen LogP contribution in [0.3, 0.4) is 0 Å². The van der Waals surface area contributed by atoms with Gasteiger partial charge in [-0.3, -0.25) is 9.69 Å². The Bertz CT molecular complexity index is 1760. The maximum absolute atomic E-state index is 13.6. The molecule has 0 saturated carbocycles. The fourth-order valence-electron chi connectivity index (χ4n) is 5.21. The molecule has 0 aliphatic carbocycles. The summed E-state index contributed by atoms with van der Waals surface area (Å²) in [5.74, 6) is 1.99. The second-order valence-corrected chi connectivity index (χ2v) is 11.3. The lowest BCUT2D eigenvalue weighted by Crippen LogP contribution is -2.27. The number of aromatic nitrogens is 3. The lowest BCUT2D eigenvalue weighted by Gasteiger charge is -2.22. The second-order valence-electron chi connectivity index (χ2n) is 10.8. The smallest absolute Gasteiger partial charge is 0.264 e. The highest BCUT2D eigenvalue weighted by Gasteiger charge is 2.21. The molecule has 2 N–H and O–H groups in total. The highest BCUT2D eigenvalue weighted by Crippen LogP contribution is 2.35. The minimum atomic E-state index is -0.250. The SMILES string of the molecule is CCN(CCO)CCCCCOc1cc2ncnc(Nc3ccc(N(C(=O)c4cccc(Cl)c4)c4ccccc4)nc3)c2cc1OC. The molecule has 5 rings (SSSR count). The molecule has 0 unspecified atom stereocenters. The number of benzene rings is 3. The Balaban J connectivity index is 1.29. The molecule has 0 saturated heterocycles. The van der Waals surface area contributed by atoms with Gasteiger partial charge >= 0.3 is 0 Å². The molecule has 3 aromatic carbocycles. The maximum Gasteiger partial charge on any atom is 0.264 e. The molecule has 0 aliphatic heterocycles. The van der Waals surface area contributed by atoms with E-state index in [1.807, 2.05) is 48.5 Å². The van der Waals surface area contributed by atoms with Gasteiger partial charge < -0.3 is 24.8 Å². The van der Waals surface area contributed by atoms with E-state index < -0.39 is 0 Å². The van der Waals surface area contributed by atoms with Crippen LogP contribution in [0.2, 0.25) is 5.02 Å². The largest absolute Gasteiger partial charge is 0.493 e. The van der Waals surface area contributed by atoms with Crippen molar-refractivity contribution in [3.8, 4) is 11.5 Å². The average Bonchev–Trinajstić information content (AvgIpc) is 3.10. The van der Waals surface area contributed by atoms with Crippen molar-refractivity contribution in [2.75, 3.05) is 50.2 Å². The number of pyridine rings is 1. The lowest BCUT2D eigenvalue weighted by atomic mass is 10.1. The zero-order valence-electron chi connectivity index (χ0n) is 26.6. The highest BCUT2D eigenvalue weighted by atomic mass is 35.5. The molecule has 0 spiro atoms. The Morgan fingerprint density at radius 1 is 0.915 bits per heavy atom. The Morgan fingerprint density at radius 2 is 1.77 bits per heavy atom. The van der Waals surface area contributed by atoms with E-state index in [1.165, 1.54) is 6.33 Å². The number of unbranched alkanes of at least 4 members (excludes halogenated alkanes) is 2. The lowest BCUT2D eigenvalue weighted by molar-refractivity contribution is 0.0998. The normalized spacial score (nSPS) is 11.1. The predicted octanol–water partition coefficient (Wildman–Crippen LogP) is 7.27. The standard InChI is InChI=1S/C36H39ClN6O4/c1-3-42(18-19-44)17-8-5-9-20-47-33-23-31-30(22-32(33)46-2)35(40-25-39-31)41-28-15-16-34(38-24-28)43(29-13-6-4-7-14-29)36(45)26-11-10-12-27(37)21-26/h4,6-7,10-16,21-25,44H,3,5,8-9,17-20H2,1-2H3,(H,39,40,41). The van der Waals surface area contributed by atoms with Crippen molar-refractivity contribution in [2.45, 2.75) is 26.2 Å². The minimum absolute atomic E-state index is 0.184. The van der Waals surface area contributed by atoms with E-state index in [-0.39, 0.29) is 12.5 Å². The summed E-state index contributed by atoms with van der Waals surface area (Å²) in [7, 11) is 1.61. The molecule has 11 heteroatoms. The number of hydrogen-bond donors (Lipinski definition) is 2. The molecule has 0 radical (unpaired) electrons. The number of aliphatic hydroxyl groups is 1. The van der Waals surface area contributed by atoms with E-state index >= 15 is 0 Å². The molecular formula is C36H39ClN6O4. The number of nitrogens with one attached hydrogen (secondary N) is 1. The number of halogens is 1. The van der Waals surface area contributed by atoms with Crippen LogP contribution >= 0.6 is 11.6 Å². The first-order valence-corrected chi connectivity index (χ1v) is 16.1. The number of anilines is 4. The van der Waals surface area contributed by atoms with E-state index in [2.05, 4.69) is 32.1 Å². The Kier molecular flexibility index (Phi) is 11.9. The van der Waals surface area contributed by atoms with Crippen molar-refractivity contribution in [2.24, 2.45) is 0 Å². The fourth-order valence-corrected chi connectivity index (χ4v) is 5.40. The van der Waals surface area contributed by atoms with Crippen LogP contribution in [0.25, 0.3) is 10.9 Å². The molecule has 5 aromatic rings. The van der Waals surface area contributed by atoms with Crippen molar-refractivity contribution in [1.82, 2.24) is 19.9 Å². The van der Waals surface area contributed by atoms with Gasteiger partial charge in [-0.1, -0.05) is 42.8 Å². The zero-order valence-corrected chi connectivity index (χ0v) is 27.4. The summed E-state index contributed by atoms with van der Waals surface area (Å²) in [5, 5.41) is 13.7. The number of carbonyl (C=O) groups is 1. The summed E-state index contributed by atoms with van der Waals surface area (Å²) in [5.41, 5.74) is 2.51. The van der Waals surface area contributed by atoms with Crippen molar-refractivity contribution < 1.29 is 19.4 Å². The molecule has 2 heterocycles. The second kappa shape index (κ2) is 16.7. The number of ether oxygens (including phenoxy) is 2. The van der Waals surface area contributed by atoms with Gasteiger partial charge in [-0.2, -0.15) is 0 Å². The first kappa shape index (κ1) is 33.6. The van der Waals surface area contributed by atoms with Crippen LogP contribution in [0.5, 0.6) is 11.5 Å². The quantitative estimate of drug-likeness (QED) is 0.106. The van der Waals surface area contributed by atoms with Gasteiger partial charge in [0.05, 0.1) is 43.4 Å². The average molecular weight is 655 g/mol.